The van der Waals surface area contributed by atoms with Gasteiger partial charge in [0, 0.05) is 10.0 Å². The number of carbonyl (C=O) groups excluding carboxylic acids is 1. The number of para-hydroxylation sites is 1. The first-order valence-corrected chi connectivity index (χ1v) is 8.20. The van der Waals surface area contributed by atoms with E-state index in [-0.39, 0.29) is 22.6 Å². The summed E-state index contributed by atoms with van der Waals surface area (Å²) in [6.07, 6.45) is 2.70. The number of rotatable bonds is 2. The smallest absolute Gasteiger partial charge is 0.363 e. The highest BCUT2D eigenvalue weighted by Gasteiger charge is 2.24. The Morgan fingerprint density at radius 2 is 1.88 bits per heavy atom. The summed E-state index contributed by atoms with van der Waals surface area (Å²) in [5.41, 5.74) is 1.22. The van der Waals surface area contributed by atoms with Crippen molar-refractivity contribution in [3.05, 3.63) is 86.3 Å². The maximum absolute atomic E-state index is 12.5. The van der Waals surface area contributed by atoms with Crippen molar-refractivity contribution in [1.82, 2.24) is 0 Å². The Bertz CT molecular complexity index is 1130. The van der Waals surface area contributed by atoms with E-state index in [1.54, 1.807) is 36.4 Å². The first kappa shape index (κ1) is 15.5. The van der Waals surface area contributed by atoms with Gasteiger partial charge in [0.1, 0.15) is 11.8 Å². The Labute approximate surface area is 150 Å². The lowest BCUT2D eigenvalue weighted by atomic mass is 10.1. The summed E-state index contributed by atoms with van der Waals surface area (Å²) in [4.78, 5) is 28.8. The van der Waals surface area contributed by atoms with Gasteiger partial charge in [0.05, 0.1) is 10.9 Å². The van der Waals surface area contributed by atoms with Crippen molar-refractivity contribution in [2.24, 2.45) is 4.99 Å². The Hall–Kier alpha value is -2.99. The molecule has 0 amide bonds. The molecule has 0 N–H and O–H groups in total. The average molecular weight is 396 g/mol. The van der Waals surface area contributed by atoms with E-state index in [4.69, 9.17) is 9.15 Å². The predicted octanol–water partition coefficient (Wildman–Crippen LogP) is 3.90. The van der Waals surface area contributed by atoms with Gasteiger partial charge in [0.15, 0.2) is 11.1 Å². The Balaban J connectivity index is 1.78. The van der Waals surface area contributed by atoms with Crippen molar-refractivity contribution in [3.8, 4) is 0 Å². The normalized spacial score (nSPS) is 15.5. The molecule has 1 aromatic heterocycles. The van der Waals surface area contributed by atoms with Crippen molar-refractivity contribution in [1.29, 1.82) is 0 Å². The fourth-order valence-corrected chi connectivity index (χ4v) is 2.89. The quantitative estimate of drug-likeness (QED) is 0.487. The number of ether oxygens (including phenoxy) is 1. The van der Waals surface area contributed by atoms with Gasteiger partial charge in [-0.1, -0.05) is 34.1 Å². The third-order valence-corrected chi connectivity index (χ3v) is 4.18. The summed E-state index contributed by atoms with van der Waals surface area (Å²) < 4.78 is 11.5. The zero-order chi connectivity index (χ0) is 17.4. The molecule has 5 nitrogen and oxygen atoms in total. The molecule has 1 aliphatic heterocycles. The van der Waals surface area contributed by atoms with Crippen LogP contribution in [0, 0.1) is 0 Å². The molecule has 3 aromatic rings. The van der Waals surface area contributed by atoms with Crippen molar-refractivity contribution in [2.75, 3.05) is 0 Å². The maximum Gasteiger partial charge on any atom is 0.363 e. The van der Waals surface area contributed by atoms with Gasteiger partial charge in [-0.05, 0) is 36.4 Å². The van der Waals surface area contributed by atoms with Crippen LogP contribution in [-0.2, 0) is 9.53 Å². The highest BCUT2D eigenvalue weighted by Crippen LogP contribution is 2.21. The molecule has 0 radical (unpaired) electrons. The van der Waals surface area contributed by atoms with Crippen LogP contribution < -0.4 is 5.43 Å². The van der Waals surface area contributed by atoms with Crippen LogP contribution in [-0.4, -0.2) is 11.9 Å². The van der Waals surface area contributed by atoms with Crippen LogP contribution in [0.2, 0.25) is 0 Å². The summed E-state index contributed by atoms with van der Waals surface area (Å²) in [7, 11) is 0. The average Bonchev–Trinajstić information content (AvgIpc) is 2.98. The summed E-state index contributed by atoms with van der Waals surface area (Å²) in [6, 6.07) is 14.2. The van der Waals surface area contributed by atoms with Gasteiger partial charge >= 0.3 is 5.97 Å². The number of halogens is 1. The minimum absolute atomic E-state index is 0.0533. The van der Waals surface area contributed by atoms with E-state index in [9.17, 15) is 9.59 Å². The first-order chi connectivity index (χ1) is 12.1. The van der Waals surface area contributed by atoms with Crippen LogP contribution in [0.4, 0.5) is 0 Å². The summed E-state index contributed by atoms with van der Waals surface area (Å²) >= 11 is 3.36. The number of aliphatic imine (C=N–C) groups is 1. The van der Waals surface area contributed by atoms with E-state index in [2.05, 4.69) is 20.9 Å². The van der Waals surface area contributed by atoms with Gasteiger partial charge in [0.2, 0.25) is 5.90 Å². The number of carbonyl (C=O) groups is 1. The van der Waals surface area contributed by atoms with Crippen LogP contribution in [0.5, 0.6) is 0 Å². The molecule has 0 fully saturated rings. The van der Waals surface area contributed by atoms with Gasteiger partial charge in [-0.25, -0.2) is 9.79 Å². The standard InChI is InChI=1S/C19H10BrNO4/c20-13-5-3-4-11(8-13)18-21-15(19(23)25-18)9-12-10-24-16-7-2-1-6-14(16)17(12)22/h1-10H. The number of nitrogens with zero attached hydrogens (tertiary/aromatic N) is 1. The van der Waals surface area contributed by atoms with Gasteiger partial charge in [-0.2, -0.15) is 0 Å². The number of benzene rings is 2. The van der Waals surface area contributed by atoms with E-state index in [1.807, 2.05) is 12.1 Å². The minimum atomic E-state index is -0.609. The molecule has 4 rings (SSSR count). The highest BCUT2D eigenvalue weighted by molar-refractivity contribution is 9.10. The second-order valence-electron chi connectivity index (χ2n) is 5.36. The molecule has 6 heteroatoms. The zero-order valence-electron chi connectivity index (χ0n) is 12.7. The second kappa shape index (κ2) is 6.14. The lowest BCUT2D eigenvalue weighted by Gasteiger charge is -1.99. The summed E-state index contributed by atoms with van der Waals surface area (Å²) in [5.74, 6) is -0.412. The largest absolute Gasteiger partial charge is 0.463 e. The molecule has 1 aliphatic rings. The van der Waals surface area contributed by atoms with Crippen LogP contribution in [0.3, 0.4) is 0 Å². The SMILES string of the molecule is O=C1OC(c2cccc(Br)c2)=NC1=Cc1coc2ccccc2c1=O. The Morgan fingerprint density at radius 1 is 1.04 bits per heavy atom. The topological polar surface area (TPSA) is 68.9 Å². The van der Waals surface area contributed by atoms with Gasteiger partial charge in [-0.3, -0.25) is 4.79 Å². The third-order valence-electron chi connectivity index (χ3n) is 3.69. The molecule has 0 saturated heterocycles. The van der Waals surface area contributed by atoms with E-state index >= 15 is 0 Å². The predicted molar refractivity (Wildman–Crippen MR) is 97.2 cm³/mol. The molecule has 2 heterocycles. The number of cyclic esters (lactones) is 1. The van der Waals surface area contributed by atoms with Crippen LogP contribution in [0.15, 0.2) is 79.2 Å². The molecule has 122 valence electrons. The molecule has 0 saturated carbocycles. The van der Waals surface area contributed by atoms with E-state index in [0.717, 1.165) is 4.47 Å². The molecule has 0 bridgehead atoms. The molecule has 0 unspecified atom stereocenters. The number of hydrogen-bond acceptors (Lipinski definition) is 5. The Kier molecular flexibility index (Phi) is 3.82. The molecule has 0 aliphatic carbocycles. The molecule has 0 atom stereocenters. The second-order valence-corrected chi connectivity index (χ2v) is 6.28. The van der Waals surface area contributed by atoms with Crippen LogP contribution >= 0.6 is 15.9 Å². The van der Waals surface area contributed by atoms with Crippen molar-refractivity contribution >= 4 is 44.8 Å². The van der Waals surface area contributed by atoms with E-state index in [0.29, 0.717) is 16.5 Å². The van der Waals surface area contributed by atoms with Gasteiger partial charge in [-0.15, -0.1) is 0 Å². The zero-order valence-corrected chi connectivity index (χ0v) is 14.3. The first-order valence-electron chi connectivity index (χ1n) is 7.41. The van der Waals surface area contributed by atoms with Crippen molar-refractivity contribution in [2.45, 2.75) is 0 Å². The number of fused-ring (bicyclic) bond motifs is 1. The Morgan fingerprint density at radius 3 is 2.72 bits per heavy atom. The molecular formula is C19H10BrNO4. The van der Waals surface area contributed by atoms with Crippen LogP contribution in [0.25, 0.3) is 17.0 Å². The monoisotopic (exact) mass is 395 g/mol. The van der Waals surface area contributed by atoms with E-state index in [1.165, 1.54) is 12.3 Å². The molecule has 25 heavy (non-hydrogen) atoms. The maximum atomic E-state index is 12.5. The fourth-order valence-electron chi connectivity index (χ4n) is 2.49. The summed E-state index contributed by atoms with van der Waals surface area (Å²) in [6.45, 7) is 0. The van der Waals surface area contributed by atoms with Crippen molar-refractivity contribution in [3.63, 3.8) is 0 Å². The number of esters is 1. The molecule has 0 spiro atoms. The van der Waals surface area contributed by atoms with Gasteiger partial charge in [0.25, 0.3) is 0 Å². The third kappa shape index (κ3) is 2.92. The summed E-state index contributed by atoms with van der Waals surface area (Å²) in [5, 5.41) is 0.444. The van der Waals surface area contributed by atoms with Crippen LogP contribution in [0.1, 0.15) is 11.1 Å². The molecule has 2 aromatic carbocycles. The fraction of sp³-hybridized carbons (Fsp3) is 0. The minimum Gasteiger partial charge on any atom is -0.463 e. The van der Waals surface area contributed by atoms with E-state index < -0.39 is 5.97 Å². The highest BCUT2D eigenvalue weighted by atomic mass is 79.9. The lowest BCUT2D eigenvalue weighted by Crippen LogP contribution is -2.07. The van der Waals surface area contributed by atoms with Gasteiger partial charge < -0.3 is 9.15 Å². The van der Waals surface area contributed by atoms with Crippen molar-refractivity contribution < 1.29 is 13.9 Å². The lowest BCUT2D eigenvalue weighted by molar-refractivity contribution is -0.129. The molecular weight excluding hydrogens is 386 g/mol. The number of hydrogen-bond donors (Lipinski definition) is 0.